The Balaban J connectivity index is 1.92. The third-order valence-electron chi connectivity index (χ3n) is 3.94. The molecule has 0 unspecified atom stereocenters. The van der Waals surface area contributed by atoms with Gasteiger partial charge < -0.3 is 4.74 Å². The number of nitrogens with zero attached hydrogens (tertiary/aromatic N) is 3. The van der Waals surface area contributed by atoms with Gasteiger partial charge in [-0.3, -0.25) is 4.79 Å². The van der Waals surface area contributed by atoms with E-state index in [-0.39, 0.29) is 17.9 Å². The lowest BCUT2D eigenvalue weighted by Gasteiger charge is -2.10. The zero-order valence-corrected chi connectivity index (χ0v) is 15.1. The molecule has 0 aliphatic carbocycles. The molecule has 0 saturated heterocycles. The molecule has 134 valence electrons. The molecule has 0 spiro atoms. The molecule has 0 N–H and O–H groups in total. The van der Waals surface area contributed by atoms with Crippen molar-refractivity contribution in [2.24, 2.45) is 0 Å². The van der Waals surface area contributed by atoms with Gasteiger partial charge in [0.05, 0.1) is 5.39 Å². The van der Waals surface area contributed by atoms with Crippen LogP contribution in [0.5, 0.6) is 0 Å². The molecule has 6 nitrogen and oxygen atoms in total. The molecular weight excluding hydrogens is 354 g/mol. The lowest BCUT2D eigenvalue weighted by molar-refractivity contribution is 0.0465. The van der Waals surface area contributed by atoms with Gasteiger partial charge in [0, 0.05) is 23.7 Å². The number of ether oxygens (including phenoxy) is 1. The highest BCUT2D eigenvalue weighted by molar-refractivity contribution is 6.29. The first kappa shape index (κ1) is 18.1. The maximum Gasteiger partial charge on any atom is 0.359 e. The van der Waals surface area contributed by atoms with Crippen molar-refractivity contribution in [3.8, 4) is 0 Å². The smallest absolute Gasteiger partial charge is 0.359 e. The quantitative estimate of drug-likeness (QED) is 0.489. The summed E-state index contributed by atoms with van der Waals surface area (Å²) >= 11 is 5.75. The molecule has 7 heteroatoms. The van der Waals surface area contributed by atoms with Crippen LogP contribution >= 0.6 is 11.6 Å². The highest BCUT2D eigenvalue weighted by atomic mass is 35.5. The second-order valence-electron chi connectivity index (χ2n) is 5.84. The van der Waals surface area contributed by atoms with Crippen LogP contribution in [-0.2, 0) is 17.9 Å². The summed E-state index contributed by atoms with van der Waals surface area (Å²) in [6.07, 6.45) is 3.27. The topological polar surface area (TPSA) is 74.1 Å². The van der Waals surface area contributed by atoms with E-state index < -0.39 is 5.97 Å². The van der Waals surface area contributed by atoms with Crippen LogP contribution in [0.15, 0.2) is 47.4 Å². The third-order valence-corrected chi connectivity index (χ3v) is 4.17. The first-order valence-corrected chi connectivity index (χ1v) is 8.75. The Morgan fingerprint density at radius 3 is 2.65 bits per heavy atom. The number of carbonyl (C=O) groups is 1. The van der Waals surface area contributed by atoms with Crippen LogP contribution in [0.1, 0.15) is 35.8 Å². The molecule has 3 rings (SSSR count). The van der Waals surface area contributed by atoms with Crippen molar-refractivity contribution < 1.29 is 9.53 Å². The second kappa shape index (κ2) is 8.10. The number of hydrogen-bond donors (Lipinski definition) is 0. The lowest BCUT2D eigenvalue weighted by Crippen LogP contribution is -2.26. The summed E-state index contributed by atoms with van der Waals surface area (Å²) in [7, 11) is 0. The summed E-state index contributed by atoms with van der Waals surface area (Å²) in [5.74, 6) is -0.582. The van der Waals surface area contributed by atoms with Crippen molar-refractivity contribution >= 4 is 28.3 Å². The summed E-state index contributed by atoms with van der Waals surface area (Å²) in [4.78, 5) is 29.1. The molecule has 2 aromatic heterocycles. The number of pyridine rings is 1. The summed E-state index contributed by atoms with van der Waals surface area (Å²) < 4.78 is 6.70. The standard InChI is InChI=1S/C19H18ClN3O3/c1-2-3-10-23-18(24)15-7-5-4-6-14(15)17(22-23)19(25)26-12-13-8-9-16(20)21-11-13/h4-9,11H,2-3,10,12H2,1H3. The number of benzene rings is 1. The van der Waals surface area contributed by atoms with E-state index >= 15 is 0 Å². The second-order valence-corrected chi connectivity index (χ2v) is 6.23. The van der Waals surface area contributed by atoms with Crippen LogP contribution in [-0.4, -0.2) is 20.7 Å². The fourth-order valence-electron chi connectivity index (χ4n) is 2.55. The van der Waals surface area contributed by atoms with E-state index in [1.54, 1.807) is 42.6 Å². The Morgan fingerprint density at radius 2 is 1.96 bits per heavy atom. The first-order chi connectivity index (χ1) is 12.6. The number of unbranched alkanes of at least 4 members (excludes halogenated alkanes) is 1. The number of esters is 1. The summed E-state index contributed by atoms with van der Waals surface area (Å²) in [5.41, 5.74) is 0.650. The molecule has 0 aliphatic heterocycles. The molecule has 3 aromatic rings. The van der Waals surface area contributed by atoms with E-state index in [9.17, 15) is 9.59 Å². The number of aryl methyl sites for hydroxylation is 1. The summed E-state index contributed by atoms with van der Waals surface area (Å²) in [6.45, 7) is 2.54. The van der Waals surface area contributed by atoms with Gasteiger partial charge in [-0.15, -0.1) is 0 Å². The zero-order chi connectivity index (χ0) is 18.5. The number of carbonyl (C=O) groups excluding carboxylic acids is 1. The monoisotopic (exact) mass is 371 g/mol. The van der Waals surface area contributed by atoms with E-state index in [2.05, 4.69) is 10.1 Å². The lowest BCUT2D eigenvalue weighted by atomic mass is 10.1. The Labute approximate surface area is 155 Å². The minimum atomic E-state index is -0.582. The molecule has 26 heavy (non-hydrogen) atoms. The number of aromatic nitrogens is 3. The minimum absolute atomic E-state index is 0.0487. The number of halogens is 1. The maximum atomic E-state index is 12.6. The number of hydrogen-bond acceptors (Lipinski definition) is 5. The van der Waals surface area contributed by atoms with Gasteiger partial charge in [0.1, 0.15) is 11.8 Å². The van der Waals surface area contributed by atoms with E-state index in [0.29, 0.717) is 28.0 Å². The van der Waals surface area contributed by atoms with Gasteiger partial charge in [0.25, 0.3) is 5.56 Å². The molecule has 0 bridgehead atoms. The van der Waals surface area contributed by atoms with Crippen LogP contribution in [0.25, 0.3) is 10.8 Å². The molecule has 1 aromatic carbocycles. The molecule has 0 radical (unpaired) electrons. The number of rotatable bonds is 6. The van der Waals surface area contributed by atoms with E-state index in [1.807, 2.05) is 6.92 Å². The Hall–Kier alpha value is -2.73. The van der Waals surface area contributed by atoms with E-state index in [0.717, 1.165) is 12.8 Å². The summed E-state index contributed by atoms with van der Waals surface area (Å²) in [6, 6.07) is 10.3. The minimum Gasteiger partial charge on any atom is -0.456 e. The Bertz CT molecular complexity index is 983. The SMILES string of the molecule is CCCCn1nc(C(=O)OCc2ccc(Cl)nc2)c2ccccc2c1=O. The molecule has 0 saturated carbocycles. The van der Waals surface area contributed by atoms with Gasteiger partial charge in [0.2, 0.25) is 0 Å². The van der Waals surface area contributed by atoms with Crippen LogP contribution in [0, 0.1) is 0 Å². The number of fused-ring (bicyclic) bond motifs is 1. The zero-order valence-electron chi connectivity index (χ0n) is 14.3. The average Bonchev–Trinajstić information content (AvgIpc) is 2.67. The Kier molecular flexibility index (Phi) is 5.63. The highest BCUT2D eigenvalue weighted by Gasteiger charge is 2.18. The van der Waals surface area contributed by atoms with Gasteiger partial charge in [-0.25, -0.2) is 14.5 Å². The third kappa shape index (κ3) is 3.91. The molecule has 0 atom stereocenters. The van der Waals surface area contributed by atoms with E-state index in [1.165, 1.54) is 4.68 Å². The van der Waals surface area contributed by atoms with Crippen molar-refractivity contribution in [1.29, 1.82) is 0 Å². The molecule has 0 amide bonds. The predicted octanol–water partition coefficient (Wildman–Crippen LogP) is 3.60. The fraction of sp³-hybridized carbons (Fsp3) is 0.263. The van der Waals surface area contributed by atoms with Crippen LogP contribution < -0.4 is 5.56 Å². The highest BCUT2D eigenvalue weighted by Crippen LogP contribution is 2.15. The molecular formula is C19H18ClN3O3. The molecule has 0 aliphatic rings. The van der Waals surface area contributed by atoms with Crippen molar-refractivity contribution in [1.82, 2.24) is 14.8 Å². The van der Waals surface area contributed by atoms with Gasteiger partial charge in [-0.1, -0.05) is 49.2 Å². The van der Waals surface area contributed by atoms with E-state index in [4.69, 9.17) is 16.3 Å². The maximum absolute atomic E-state index is 12.6. The van der Waals surface area contributed by atoms with Crippen molar-refractivity contribution in [3.05, 3.63) is 69.4 Å². The summed E-state index contributed by atoms with van der Waals surface area (Å²) in [5, 5.41) is 5.58. The Morgan fingerprint density at radius 1 is 1.19 bits per heavy atom. The van der Waals surface area contributed by atoms with Crippen molar-refractivity contribution in [3.63, 3.8) is 0 Å². The molecule has 0 fully saturated rings. The van der Waals surface area contributed by atoms with Crippen LogP contribution in [0.4, 0.5) is 0 Å². The van der Waals surface area contributed by atoms with Crippen molar-refractivity contribution in [2.75, 3.05) is 0 Å². The average molecular weight is 372 g/mol. The van der Waals surface area contributed by atoms with Crippen LogP contribution in [0.2, 0.25) is 5.15 Å². The van der Waals surface area contributed by atoms with Crippen molar-refractivity contribution in [2.45, 2.75) is 32.9 Å². The molecule has 2 heterocycles. The van der Waals surface area contributed by atoms with Gasteiger partial charge >= 0.3 is 5.97 Å². The van der Waals surface area contributed by atoms with Gasteiger partial charge in [-0.05, 0) is 18.6 Å². The fourth-order valence-corrected chi connectivity index (χ4v) is 2.67. The predicted molar refractivity (Wildman–Crippen MR) is 99.3 cm³/mol. The largest absolute Gasteiger partial charge is 0.456 e. The van der Waals surface area contributed by atoms with Gasteiger partial charge in [0.15, 0.2) is 5.69 Å². The van der Waals surface area contributed by atoms with Gasteiger partial charge in [-0.2, -0.15) is 5.10 Å². The first-order valence-electron chi connectivity index (χ1n) is 8.37. The van der Waals surface area contributed by atoms with Crippen LogP contribution in [0.3, 0.4) is 0 Å². The normalized spacial score (nSPS) is 10.8.